The van der Waals surface area contributed by atoms with Gasteiger partial charge in [0.1, 0.15) is 5.82 Å². The van der Waals surface area contributed by atoms with Crippen LogP contribution in [0.3, 0.4) is 0 Å². The fourth-order valence-electron chi connectivity index (χ4n) is 5.59. The molecule has 12 heteroatoms. The zero-order valence-corrected chi connectivity index (χ0v) is 21.6. The van der Waals surface area contributed by atoms with Crippen molar-refractivity contribution in [3.8, 4) is 22.5 Å². The first-order valence-corrected chi connectivity index (χ1v) is 12.9. The summed E-state index contributed by atoms with van der Waals surface area (Å²) in [6, 6.07) is 6.23. The summed E-state index contributed by atoms with van der Waals surface area (Å²) in [6.45, 7) is 2.65. The van der Waals surface area contributed by atoms with Crippen molar-refractivity contribution in [1.29, 1.82) is 0 Å². The highest BCUT2D eigenvalue weighted by molar-refractivity contribution is 5.96. The van der Waals surface area contributed by atoms with Crippen molar-refractivity contribution in [2.45, 2.75) is 38.0 Å². The normalized spacial score (nSPS) is 16.5. The molecule has 2 aliphatic rings. The Balaban J connectivity index is 1.56. The third-order valence-corrected chi connectivity index (χ3v) is 7.52. The first-order valence-electron chi connectivity index (χ1n) is 12.9. The number of benzene rings is 1. The number of nitrogens with one attached hydrogen (secondary N) is 1. The van der Waals surface area contributed by atoms with Crippen molar-refractivity contribution in [3.63, 3.8) is 0 Å². The molecule has 2 aliphatic heterocycles. The summed E-state index contributed by atoms with van der Waals surface area (Å²) in [5.74, 6) is 1.07. The SMILES string of the molecule is CNC(=O)N1CCn2c(C3CCOCC3)nc(-c3cccc4nc(-c5cnn(C)c5)c(C(F)(F)F)cc34)c2C1. The molecule has 0 bridgehead atoms. The Kier molecular flexibility index (Phi) is 6.29. The van der Waals surface area contributed by atoms with Gasteiger partial charge in [-0.1, -0.05) is 12.1 Å². The molecular weight excluding hydrogens is 511 g/mol. The molecule has 1 N–H and O–H groups in total. The Hall–Kier alpha value is -3.93. The second-order valence-electron chi connectivity index (χ2n) is 9.94. The van der Waals surface area contributed by atoms with Gasteiger partial charge < -0.3 is 19.5 Å². The molecule has 1 aromatic carbocycles. The number of carbonyl (C=O) groups excluding carboxylic acids is 1. The maximum atomic E-state index is 14.4. The number of nitrogens with zero attached hydrogens (tertiary/aromatic N) is 6. The molecule has 6 rings (SSSR count). The van der Waals surface area contributed by atoms with Gasteiger partial charge in [-0.2, -0.15) is 18.3 Å². The first-order chi connectivity index (χ1) is 18.7. The van der Waals surface area contributed by atoms with Crippen LogP contribution < -0.4 is 5.32 Å². The van der Waals surface area contributed by atoms with E-state index in [0.717, 1.165) is 24.4 Å². The number of imidazole rings is 1. The van der Waals surface area contributed by atoms with Crippen LogP contribution >= 0.6 is 0 Å². The summed E-state index contributed by atoms with van der Waals surface area (Å²) in [7, 11) is 3.23. The summed E-state index contributed by atoms with van der Waals surface area (Å²) in [5, 5.41) is 7.06. The number of fused-ring (bicyclic) bond motifs is 2. The Morgan fingerprint density at radius 2 is 1.92 bits per heavy atom. The molecule has 2 amide bonds. The van der Waals surface area contributed by atoms with Crippen molar-refractivity contribution in [1.82, 2.24) is 34.5 Å². The molecule has 39 heavy (non-hydrogen) atoms. The van der Waals surface area contributed by atoms with E-state index in [1.54, 1.807) is 37.2 Å². The number of hydrogen-bond donors (Lipinski definition) is 1. The van der Waals surface area contributed by atoms with Crippen LogP contribution in [0.1, 0.15) is 35.8 Å². The van der Waals surface area contributed by atoms with Crippen molar-refractivity contribution in [2.75, 3.05) is 26.8 Å². The van der Waals surface area contributed by atoms with Gasteiger partial charge in [0.25, 0.3) is 0 Å². The average Bonchev–Trinajstić information content (AvgIpc) is 3.55. The maximum absolute atomic E-state index is 14.4. The maximum Gasteiger partial charge on any atom is 0.418 e. The molecule has 1 fully saturated rings. The predicted molar refractivity (Wildman–Crippen MR) is 138 cm³/mol. The lowest BCUT2D eigenvalue weighted by Gasteiger charge is -2.30. The van der Waals surface area contributed by atoms with E-state index in [-0.39, 0.29) is 17.6 Å². The minimum atomic E-state index is -4.63. The van der Waals surface area contributed by atoms with E-state index in [2.05, 4.69) is 20.0 Å². The van der Waals surface area contributed by atoms with Crippen LogP contribution in [-0.2, 0) is 31.1 Å². The van der Waals surface area contributed by atoms with Crippen LogP contribution in [0.25, 0.3) is 33.4 Å². The van der Waals surface area contributed by atoms with E-state index in [0.29, 0.717) is 60.6 Å². The Bertz CT molecular complexity index is 1550. The molecule has 3 aromatic heterocycles. The third-order valence-electron chi connectivity index (χ3n) is 7.52. The van der Waals surface area contributed by atoms with Crippen molar-refractivity contribution < 1.29 is 22.7 Å². The van der Waals surface area contributed by atoms with Crippen LogP contribution in [0, 0.1) is 0 Å². The molecule has 0 radical (unpaired) electrons. The van der Waals surface area contributed by atoms with E-state index < -0.39 is 11.7 Å². The largest absolute Gasteiger partial charge is 0.418 e. The van der Waals surface area contributed by atoms with Crippen LogP contribution in [0.2, 0.25) is 0 Å². The van der Waals surface area contributed by atoms with Crippen LogP contribution in [-0.4, -0.2) is 62.1 Å². The summed E-state index contributed by atoms with van der Waals surface area (Å²) in [5.41, 5.74) is 1.67. The van der Waals surface area contributed by atoms with Crippen molar-refractivity contribution >= 4 is 16.9 Å². The van der Waals surface area contributed by atoms with E-state index in [9.17, 15) is 18.0 Å². The van der Waals surface area contributed by atoms with E-state index in [1.165, 1.54) is 23.1 Å². The van der Waals surface area contributed by atoms with Gasteiger partial charge in [-0.25, -0.2) is 14.8 Å². The number of amides is 2. The van der Waals surface area contributed by atoms with Gasteiger partial charge in [0.05, 0.1) is 40.9 Å². The zero-order chi connectivity index (χ0) is 27.3. The fraction of sp³-hybridized carbons (Fsp3) is 0.407. The topological polar surface area (TPSA) is 90.1 Å². The van der Waals surface area contributed by atoms with Crippen molar-refractivity contribution in [2.24, 2.45) is 7.05 Å². The van der Waals surface area contributed by atoms with E-state index in [1.807, 2.05) is 0 Å². The molecule has 0 spiro atoms. The molecule has 0 atom stereocenters. The van der Waals surface area contributed by atoms with E-state index >= 15 is 0 Å². The zero-order valence-electron chi connectivity index (χ0n) is 21.6. The molecule has 204 valence electrons. The Morgan fingerprint density at radius 3 is 2.62 bits per heavy atom. The van der Waals surface area contributed by atoms with Gasteiger partial charge in [0.2, 0.25) is 0 Å². The number of carbonyl (C=O) groups is 1. The second kappa shape index (κ2) is 9.67. The number of urea groups is 1. The Labute approximate surface area is 222 Å². The molecule has 9 nitrogen and oxygen atoms in total. The lowest BCUT2D eigenvalue weighted by Crippen LogP contribution is -2.43. The van der Waals surface area contributed by atoms with Gasteiger partial charge >= 0.3 is 12.2 Å². The third kappa shape index (κ3) is 4.52. The van der Waals surface area contributed by atoms with Gasteiger partial charge in [-0.15, -0.1) is 0 Å². The number of aryl methyl sites for hydroxylation is 1. The summed E-state index contributed by atoms with van der Waals surface area (Å²) >= 11 is 0. The highest BCUT2D eigenvalue weighted by Gasteiger charge is 2.36. The number of pyridine rings is 1. The van der Waals surface area contributed by atoms with Gasteiger partial charge in [-0.05, 0) is 25.0 Å². The predicted octanol–water partition coefficient (Wildman–Crippen LogP) is 4.57. The molecule has 0 saturated carbocycles. The minimum absolute atomic E-state index is 0.166. The first kappa shape index (κ1) is 25.4. The second-order valence-corrected chi connectivity index (χ2v) is 9.94. The molecule has 0 aliphatic carbocycles. The molecule has 4 aromatic rings. The number of alkyl halides is 3. The summed E-state index contributed by atoms with van der Waals surface area (Å²) in [4.78, 5) is 23.7. The molecule has 0 unspecified atom stereocenters. The smallest absolute Gasteiger partial charge is 0.381 e. The van der Waals surface area contributed by atoms with Gasteiger partial charge in [0, 0.05) is 69.0 Å². The summed E-state index contributed by atoms with van der Waals surface area (Å²) in [6.07, 6.45) is -0.0901. The standard InChI is InChI=1S/C27H28F3N7O2/c1-31-26(38)36-8-9-37-22(15-36)24(34-25(37)16-6-10-39-11-7-16)18-4-3-5-21-19(18)12-20(27(28,29)30)23(33-21)17-13-32-35(2)14-17/h3-5,12-14,16H,6-11,15H2,1-2H3,(H,31,38). The highest BCUT2D eigenvalue weighted by atomic mass is 19.4. The molecule has 1 saturated heterocycles. The average molecular weight is 540 g/mol. The number of halogens is 3. The Morgan fingerprint density at radius 1 is 1.13 bits per heavy atom. The number of rotatable bonds is 3. The number of ether oxygens (including phenoxy) is 1. The molecule has 5 heterocycles. The fourth-order valence-corrected chi connectivity index (χ4v) is 5.59. The van der Waals surface area contributed by atoms with Crippen LogP contribution in [0.4, 0.5) is 18.0 Å². The van der Waals surface area contributed by atoms with Gasteiger partial charge in [0.15, 0.2) is 0 Å². The minimum Gasteiger partial charge on any atom is -0.381 e. The summed E-state index contributed by atoms with van der Waals surface area (Å²) < 4.78 is 52.2. The number of hydrogen-bond acceptors (Lipinski definition) is 5. The van der Waals surface area contributed by atoms with Crippen molar-refractivity contribution in [3.05, 3.63) is 53.7 Å². The number of aromatic nitrogens is 5. The van der Waals surface area contributed by atoms with Crippen LogP contribution in [0.5, 0.6) is 0 Å². The molecular formula is C27H28F3N7O2. The lowest BCUT2D eigenvalue weighted by atomic mass is 9.99. The van der Waals surface area contributed by atoms with E-state index in [4.69, 9.17) is 9.72 Å². The van der Waals surface area contributed by atoms with Gasteiger partial charge in [-0.3, -0.25) is 4.68 Å². The monoisotopic (exact) mass is 539 g/mol. The quantitative estimate of drug-likeness (QED) is 0.412. The van der Waals surface area contributed by atoms with Crippen LogP contribution in [0.15, 0.2) is 36.7 Å². The lowest BCUT2D eigenvalue weighted by molar-refractivity contribution is -0.137. The highest BCUT2D eigenvalue weighted by Crippen LogP contribution is 2.41.